The molecule has 0 aromatic heterocycles. The summed E-state index contributed by atoms with van der Waals surface area (Å²) in [6, 6.07) is 12.0. The van der Waals surface area contributed by atoms with Crippen LogP contribution < -0.4 is 4.74 Å². The zero-order valence-electron chi connectivity index (χ0n) is 13.8. The molecule has 26 heavy (non-hydrogen) atoms. The van der Waals surface area contributed by atoms with E-state index < -0.39 is 17.9 Å². The maximum atomic E-state index is 13.3. The molecule has 1 heterocycles. The lowest BCUT2D eigenvalue weighted by Gasteiger charge is -2.03. The molecule has 2 aromatic rings. The summed E-state index contributed by atoms with van der Waals surface area (Å²) in [6.45, 7) is 1.90. The van der Waals surface area contributed by atoms with Crippen molar-refractivity contribution in [2.45, 2.75) is 6.92 Å². The van der Waals surface area contributed by atoms with Crippen LogP contribution in [0.15, 0.2) is 59.2 Å². The van der Waals surface area contributed by atoms with Gasteiger partial charge in [0.15, 0.2) is 5.70 Å². The summed E-state index contributed by atoms with van der Waals surface area (Å²) in [7, 11) is 0. The van der Waals surface area contributed by atoms with Gasteiger partial charge in [-0.3, -0.25) is 0 Å². The van der Waals surface area contributed by atoms with Crippen LogP contribution >= 0.6 is 0 Å². The van der Waals surface area contributed by atoms with Crippen LogP contribution in [0.25, 0.3) is 6.08 Å². The number of carbonyl (C=O) groups excluding carboxylic acids is 2. The van der Waals surface area contributed by atoms with Crippen molar-refractivity contribution < 1.29 is 28.2 Å². The molecule has 6 nitrogen and oxygen atoms in total. The Hall–Kier alpha value is -3.48. The lowest BCUT2D eigenvalue weighted by atomic mass is 10.2. The second kappa shape index (κ2) is 7.60. The van der Waals surface area contributed by atoms with Crippen LogP contribution in [-0.4, -0.2) is 24.6 Å². The first-order valence-corrected chi connectivity index (χ1v) is 7.78. The molecule has 7 heteroatoms. The van der Waals surface area contributed by atoms with Gasteiger partial charge in [0.1, 0.15) is 11.6 Å². The predicted molar refractivity (Wildman–Crippen MR) is 91.1 cm³/mol. The molecule has 3 rings (SSSR count). The summed E-state index contributed by atoms with van der Waals surface area (Å²) in [5, 5.41) is 0. The maximum absolute atomic E-state index is 13.3. The second-order valence-electron chi connectivity index (χ2n) is 5.20. The number of hydrogen-bond donors (Lipinski definition) is 0. The lowest BCUT2D eigenvalue weighted by molar-refractivity contribution is -0.129. The van der Waals surface area contributed by atoms with Crippen molar-refractivity contribution >= 4 is 24.1 Å². The average Bonchev–Trinajstić information content (AvgIpc) is 2.98. The molecule has 0 unspecified atom stereocenters. The van der Waals surface area contributed by atoms with Crippen molar-refractivity contribution in [2.24, 2.45) is 4.99 Å². The third-order valence-corrected chi connectivity index (χ3v) is 3.34. The van der Waals surface area contributed by atoms with Crippen molar-refractivity contribution in [3.05, 3.63) is 71.2 Å². The van der Waals surface area contributed by atoms with Crippen LogP contribution in [0.1, 0.15) is 18.1 Å². The minimum atomic E-state index is -0.790. The topological polar surface area (TPSA) is 74.2 Å². The summed E-state index contributed by atoms with van der Waals surface area (Å²) in [5.74, 6) is -0.724. The molecule has 2 aromatic carbocycles. The zero-order chi connectivity index (χ0) is 18.5. The Labute approximate surface area is 148 Å². The number of hydrogen-bond acceptors (Lipinski definition) is 6. The van der Waals surface area contributed by atoms with Gasteiger partial charge in [-0.1, -0.05) is 18.2 Å². The molecule has 0 N–H and O–H groups in total. The van der Waals surface area contributed by atoms with E-state index in [0.717, 1.165) is 0 Å². The van der Waals surface area contributed by atoms with Gasteiger partial charge in [-0.15, -0.1) is 0 Å². The maximum Gasteiger partial charge on any atom is 0.513 e. The van der Waals surface area contributed by atoms with Crippen molar-refractivity contribution in [1.82, 2.24) is 0 Å². The molecule has 0 saturated heterocycles. The molecule has 0 aliphatic carbocycles. The number of aliphatic imine (C=N–C) groups is 1. The number of cyclic esters (lactones) is 1. The third-order valence-electron chi connectivity index (χ3n) is 3.34. The molecule has 132 valence electrons. The normalized spacial score (nSPS) is 14.8. The van der Waals surface area contributed by atoms with Crippen LogP contribution in [-0.2, 0) is 14.3 Å². The van der Waals surface area contributed by atoms with Crippen molar-refractivity contribution in [3.63, 3.8) is 0 Å². The van der Waals surface area contributed by atoms with Gasteiger partial charge in [-0.05, 0) is 48.9 Å². The predicted octanol–water partition coefficient (Wildman–Crippen LogP) is 3.71. The molecule has 0 spiro atoms. The molecular weight excluding hydrogens is 341 g/mol. The lowest BCUT2D eigenvalue weighted by Crippen LogP contribution is -2.09. The van der Waals surface area contributed by atoms with E-state index in [1.807, 2.05) is 0 Å². The van der Waals surface area contributed by atoms with Crippen molar-refractivity contribution in [2.75, 3.05) is 6.61 Å². The number of ether oxygens (including phenoxy) is 3. The van der Waals surface area contributed by atoms with Crippen LogP contribution in [0.5, 0.6) is 5.75 Å². The third kappa shape index (κ3) is 4.13. The monoisotopic (exact) mass is 355 g/mol. The van der Waals surface area contributed by atoms with E-state index in [1.54, 1.807) is 37.3 Å². The van der Waals surface area contributed by atoms with E-state index in [2.05, 4.69) is 9.73 Å². The number of rotatable bonds is 4. The van der Waals surface area contributed by atoms with Crippen LogP contribution in [0.4, 0.5) is 9.18 Å². The minimum absolute atomic E-state index is 0.0445. The molecule has 0 radical (unpaired) electrons. The first kappa shape index (κ1) is 17.3. The molecule has 0 fully saturated rings. The molecule has 0 amide bonds. The van der Waals surface area contributed by atoms with E-state index in [4.69, 9.17) is 9.47 Å². The number of esters is 1. The van der Waals surface area contributed by atoms with Gasteiger partial charge in [0.2, 0.25) is 5.90 Å². The Morgan fingerprint density at radius 2 is 2.00 bits per heavy atom. The average molecular weight is 355 g/mol. The van der Waals surface area contributed by atoms with Crippen LogP contribution in [0, 0.1) is 5.82 Å². The highest BCUT2D eigenvalue weighted by molar-refractivity contribution is 6.12. The second-order valence-corrected chi connectivity index (χ2v) is 5.20. The van der Waals surface area contributed by atoms with E-state index in [1.165, 1.54) is 24.3 Å². The molecule has 1 aliphatic rings. The summed E-state index contributed by atoms with van der Waals surface area (Å²) in [6.07, 6.45) is 0.727. The Bertz CT molecular complexity index is 902. The first-order chi connectivity index (χ1) is 12.5. The molecule has 0 saturated carbocycles. The molecule has 1 aliphatic heterocycles. The summed E-state index contributed by atoms with van der Waals surface area (Å²) in [4.78, 5) is 27.3. The van der Waals surface area contributed by atoms with Gasteiger partial charge >= 0.3 is 12.1 Å². The smallest absolute Gasteiger partial charge is 0.434 e. The van der Waals surface area contributed by atoms with E-state index in [-0.39, 0.29) is 18.2 Å². The summed E-state index contributed by atoms with van der Waals surface area (Å²) in [5.41, 5.74) is 1.11. The summed E-state index contributed by atoms with van der Waals surface area (Å²) < 4.78 is 28.0. The fourth-order valence-electron chi connectivity index (χ4n) is 2.19. The van der Waals surface area contributed by atoms with Crippen molar-refractivity contribution in [3.8, 4) is 5.75 Å². The Morgan fingerprint density at radius 3 is 2.69 bits per heavy atom. The number of benzene rings is 2. The van der Waals surface area contributed by atoms with Gasteiger partial charge in [0, 0.05) is 5.56 Å². The quantitative estimate of drug-likeness (QED) is 0.475. The highest BCUT2D eigenvalue weighted by Crippen LogP contribution is 2.21. The molecule has 0 bridgehead atoms. The number of halogens is 1. The summed E-state index contributed by atoms with van der Waals surface area (Å²) >= 11 is 0. The Kier molecular flexibility index (Phi) is 5.07. The van der Waals surface area contributed by atoms with E-state index in [0.29, 0.717) is 16.9 Å². The highest BCUT2D eigenvalue weighted by Gasteiger charge is 2.24. The minimum Gasteiger partial charge on any atom is -0.434 e. The van der Waals surface area contributed by atoms with Gasteiger partial charge in [0.05, 0.1) is 6.61 Å². The van der Waals surface area contributed by atoms with Crippen LogP contribution in [0.2, 0.25) is 0 Å². The van der Waals surface area contributed by atoms with Gasteiger partial charge in [0.25, 0.3) is 0 Å². The fraction of sp³-hybridized carbons (Fsp3) is 0.105. The van der Waals surface area contributed by atoms with E-state index >= 15 is 0 Å². The SMILES string of the molecule is CCOC(=O)Oc1ccc(/C=C2\N=C(c3cccc(F)c3)OC2=O)cc1. The van der Waals surface area contributed by atoms with Crippen LogP contribution in [0.3, 0.4) is 0 Å². The Balaban J connectivity index is 1.77. The highest BCUT2D eigenvalue weighted by atomic mass is 19.1. The van der Waals surface area contributed by atoms with Gasteiger partial charge in [-0.2, -0.15) is 0 Å². The van der Waals surface area contributed by atoms with Gasteiger partial charge < -0.3 is 14.2 Å². The zero-order valence-corrected chi connectivity index (χ0v) is 13.8. The first-order valence-electron chi connectivity index (χ1n) is 7.78. The number of nitrogens with zero attached hydrogens (tertiary/aromatic N) is 1. The molecule has 0 atom stereocenters. The number of carbonyl (C=O) groups is 2. The molecular formula is C19H14FNO5. The van der Waals surface area contributed by atoms with Gasteiger partial charge in [-0.25, -0.2) is 19.0 Å². The van der Waals surface area contributed by atoms with Crippen molar-refractivity contribution in [1.29, 1.82) is 0 Å². The fourth-order valence-corrected chi connectivity index (χ4v) is 2.19. The Morgan fingerprint density at radius 1 is 1.23 bits per heavy atom. The largest absolute Gasteiger partial charge is 0.513 e. The standard InChI is InChI=1S/C19H14FNO5/c1-2-24-19(23)25-15-8-6-12(7-9-15)10-16-18(22)26-17(21-16)13-4-3-5-14(20)11-13/h3-11H,2H2,1H3/b16-10-. The van der Waals surface area contributed by atoms with E-state index in [9.17, 15) is 14.0 Å².